The van der Waals surface area contributed by atoms with E-state index in [-0.39, 0.29) is 12.7 Å². The number of aliphatic hydroxyl groups excluding tert-OH is 1. The molecule has 2 heterocycles. The quantitative estimate of drug-likeness (QED) is 0.532. The minimum atomic E-state index is -0.600. The molecule has 6 nitrogen and oxygen atoms in total. The van der Waals surface area contributed by atoms with Crippen LogP contribution in [0.5, 0.6) is 0 Å². The van der Waals surface area contributed by atoms with Gasteiger partial charge in [-0.05, 0) is 41.5 Å². The summed E-state index contributed by atoms with van der Waals surface area (Å²) >= 11 is 12.1. The molecule has 168 valence electrons. The number of aromatic nitrogens is 2. The predicted molar refractivity (Wildman–Crippen MR) is 127 cm³/mol. The molecule has 0 bridgehead atoms. The zero-order valence-electron chi connectivity index (χ0n) is 17.6. The smallest absolute Gasteiger partial charge is 0.225 e. The third kappa shape index (κ3) is 6.18. The van der Waals surface area contributed by atoms with Gasteiger partial charge in [-0.15, -0.1) is 0 Å². The average Bonchev–Trinajstić information content (AvgIpc) is 2.82. The highest BCUT2D eigenvalue weighted by molar-refractivity contribution is 6.30. The average molecular weight is 473 g/mol. The number of nitrogens with zero attached hydrogens (tertiary/aromatic N) is 4. The van der Waals surface area contributed by atoms with Crippen molar-refractivity contribution in [2.45, 2.75) is 12.2 Å². The molecule has 0 amide bonds. The summed E-state index contributed by atoms with van der Waals surface area (Å²) in [6.07, 6.45) is 2.60. The largest absolute Gasteiger partial charge is 0.389 e. The minimum absolute atomic E-state index is 0.220. The van der Waals surface area contributed by atoms with E-state index in [1.165, 1.54) is 0 Å². The lowest BCUT2D eigenvalue weighted by Gasteiger charge is -2.35. The second-order valence-corrected chi connectivity index (χ2v) is 8.68. The zero-order valence-corrected chi connectivity index (χ0v) is 19.2. The number of piperazine rings is 1. The third-order valence-corrected chi connectivity index (χ3v) is 5.98. The molecule has 8 heteroatoms. The molecule has 0 aliphatic carbocycles. The zero-order chi connectivity index (χ0) is 22.3. The van der Waals surface area contributed by atoms with Gasteiger partial charge in [0, 0.05) is 55.2 Å². The lowest BCUT2D eigenvalue weighted by atomic mass is 10.0. The Morgan fingerprint density at radius 2 is 1.38 bits per heavy atom. The van der Waals surface area contributed by atoms with Crippen LogP contribution in [0.3, 0.4) is 0 Å². The normalized spacial score (nSPS) is 15.8. The van der Waals surface area contributed by atoms with Crippen molar-refractivity contribution in [1.29, 1.82) is 0 Å². The van der Waals surface area contributed by atoms with Crippen LogP contribution < -0.4 is 4.90 Å². The van der Waals surface area contributed by atoms with Crippen molar-refractivity contribution in [2.24, 2.45) is 0 Å². The van der Waals surface area contributed by atoms with E-state index in [4.69, 9.17) is 27.9 Å². The first-order valence-corrected chi connectivity index (χ1v) is 11.4. The first-order valence-electron chi connectivity index (χ1n) is 10.6. The molecule has 0 unspecified atom stereocenters. The van der Waals surface area contributed by atoms with E-state index in [1.54, 1.807) is 12.4 Å². The van der Waals surface area contributed by atoms with E-state index in [1.807, 2.05) is 54.6 Å². The fourth-order valence-electron chi connectivity index (χ4n) is 3.80. The maximum atomic E-state index is 10.7. The molecule has 2 aromatic carbocycles. The van der Waals surface area contributed by atoms with Crippen LogP contribution >= 0.6 is 23.2 Å². The van der Waals surface area contributed by atoms with Crippen LogP contribution in [-0.2, 0) is 4.74 Å². The lowest BCUT2D eigenvalue weighted by Crippen LogP contribution is -2.49. The van der Waals surface area contributed by atoms with Gasteiger partial charge in [-0.25, -0.2) is 9.97 Å². The van der Waals surface area contributed by atoms with Gasteiger partial charge in [0.25, 0.3) is 0 Å². The van der Waals surface area contributed by atoms with Gasteiger partial charge >= 0.3 is 0 Å². The molecule has 1 aliphatic heterocycles. The Labute approximate surface area is 198 Å². The van der Waals surface area contributed by atoms with Crippen molar-refractivity contribution in [3.63, 3.8) is 0 Å². The van der Waals surface area contributed by atoms with E-state index in [2.05, 4.69) is 19.8 Å². The van der Waals surface area contributed by atoms with E-state index in [0.29, 0.717) is 16.6 Å². The SMILES string of the molecule is O[C@@H](COC(c1ccc(Cl)cc1)c1ccc(Cl)cc1)CN1CCN(c2ncccn2)CC1. The molecule has 0 spiro atoms. The predicted octanol–water partition coefficient (Wildman–Crippen LogP) is 4.07. The fraction of sp³-hybridized carbons (Fsp3) is 0.333. The molecule has 0 saturated carbocycles. The van der Waals surface area contributed by atoms with Crippen molar-refractivity contribution in [2.75, 3.05) is 44.2 Å². The van der Waals surface area contributed by atoms with Gasteiger partial charge in [-0.2, -0.15) is 0 Å². The highest BCUT2D eigenvalue weighted by Crippen LogP contribution is 2.28. The lowest BCUT2D eigenvalue weighted by molar-refractivity contribution is -0.00896. The maximum absolute atomic E-state index is 10.7. The molecule has 4 rings (SSSR count). The summed E-state index contributed by atoms with van der Waals surface area (Å²) in [7, 11) is 0. The topological polar surface area (TPSA) is 61.7 Å². The van der Waals surface area contributed by atoms with Crippen molar-refractivity contribution >= 4 is 29.2 Å². The van der Waals surface area contributed by atoms with Crippen LogP contribution in [0.2, 0.25) is 10.0 Å². The Bertz CT molecular complexity index is 920. The fourth-order valence-corrected chi connectivity index (χ4v) is 4.06. The van der Waals surface area contributed by atoms with E-state index < -0.39 is 6.10 Å². The highest BCUT2D eigenvalue weighted by atomic mass is 35.5. The van der Waals surface area contributed by atoms with Crippen LogP contribution in [0.1, 0.15) is 17.2 Å². The summed E-state index contributed by atoms with van der Waals surface area (Å²) in [5.41, 5.74) is 1.95. The molecule has 1 aromatic heterocycles. The Morgan fingerprint density at radius 1 is 0.844 bits per heavy atom. The van der Waals surface area contributed by atoms with Gasteiger partial charge in [0.1, 0.15) is 6.10 Å². The molecule has 1 fully saturated rings. The number of halogens is 2. The van der Waals surface area contributed by atoms with Crippen molar-refractivity contribution in [3.8, 4) is 0 Å². The van der Waals surface area contributed by atoms with Crippen LogP contribution in [0, 0.1) is 0 Å². The first-order chi connectivity index (χ1) is 15.6. The number of benzene rings is 2. The van der Waals surface area contributed by atoms with Crippen LogP contribution in [0.25, 0.3) is 0 Å². The Balaban J connectivity index is 1.33. The molecule has 1 aliphatic rings. The van der Waals surface area contributed by atoms with Crippen molar-refractivity contribution in [3.05, 3.63) is 88.2 Å². The van der Waals surface area contributed by atoms with Crippen molar-refractivity contribution in [1.82, 2.24) is 14.9 Å². The Hall–Kier alpha value is -2.22. The van der Waals surface area contributed by atoms with Gasteiger partial charge in [-0.3, -0.25) is 4.90 Å². The number of hydrogen-bond acceptors (Lipinski definition) is 6. The number of rotatable bonds is 8. The maximum Gasteiger partial charge on any atom is 0.225 e. The molecule has 1 N–H and O–H groups in total. The monoisotopic (exact) mass is 472 g/mol. The van der Waals surface area contributed by atoms with Gasteiger partial charge in [0.15, 0.2) is 0 Å². The summed E-state index contributed by atoms with van der Waals surface area (Å²) < 4.78 is 6.19. The molecule has 1 saturated heterocycles. The van der Waals surface area contributed by atoms with Crippen LogP contribution in [-0.4, -0.2) is 65.4 Å². The second-order valence-electron chi connectivity index (χ2n) is 7.81. The number of β-amino-alcohol motifs (C(OH)–C–C–N with tert-alkyl or cyclic N) is 1. The third-order valence-electron chi connectivity index (χ3n) is 5.48. The number of ether oxygens (including phenoxy) is 1. The first kappa shape index (κ1) is 23.0. The van der Waals surface area contributed by atoms with Gasteiger partial charge in [0.2, 0.25) is 5.95 Å². The standard InChI is InChI=1S/C24H26Cl2N4O2/c25-20-6-2-18(3-7-20)23(19-4-8-21(26)9-5-19)32-17-22(31)16-29-12-14-30(15-13-29)24-27-10-1-11-28-24/h1-11,22-23,31H,12-17H2/t22-/m1/s1. The van der Waals surface area contributed by atoms with Gasteiger partial charge in [-0.1, -0.05) is 47.5 Å². The summed E-state index contributed by atoms with van der Waals surface area (Å²) in [6, 6.07) is 17.0. The molecule has 3 aromatic rings. The van der Waals surface area contributed by atoms with Crippen molar-refractivity contribution < 1.29 is 9.84 Å². The highest BCUT2D eigenvalue weighted by Gasteiger charge is 2.22. The Morgan fingerprint density at radius 3 is 1.91 bits per heavy atom. The molecular formula is C24H26Cl2N4O2. The van der Waals surface area contributed by atoms with E-state index in [0.717, 1.165) is 43.3 Å². The number of aliphatic hydroxyl groups is 1. The molecule has 1 atom stereocenters. The van der Waals surface area contributed by atoms with E-state index >= 15 is 0 Å². The van der Waals surface area contributed by atoms with E-state index in [9.17, 15) is 5.11 Å². The molecule has 32 heavy (non-hydrogen) atoms. The number of hydrogen-bond donors (Lipinski definition) is 1. The van der Waals surface area contributed by atoms with Gasteiger partial charge < -0.3 is 14.7 Å². The molecule has 0 radical (unpaired) electrons. The van der Waals surface area contributed by atoms with Crippen LogP contribution in [0.15, 0.2) is 67.0 Å². The molecular weight excluding hydrogens is 447 g/mol. The summed E-state index contributed by atoms with van der Waals surface area (Å²) in [5, 5.41) is 12.0. The summed E-state index contributed by atoms with van der Waals surface area (Å²) in [4.78, 5) is 13.0. The van der Waals surface area contributed by atoms with Gasteiger partial charge in [0.05, 0.1) is 12.7 Å². The number of anilines is 1. The second kappa shape index (κ2) is 11.1. The summed E-state index contributed by atoms with van der Waals surface area (Å²) in [5.74, 6) is 0.754. The minimum Gasteiger partial charge on any atom is -0.389 e. The summed E-state index contributed by atoms with van der Waals surface area (Å²) in [6.45, 7) is 4.11. The Kier molecular flexibility index (Phi) is 7.95. The van der Waals surface area contributed by atoms with Crippen LogP contribution in [0.4, 0.5) is 5.95 Å².